The quantitative estimate of drug-likeness (QED) is 0.130. The average Bonchev–Trinajstić information content (AvgIpc) is 3.04. The number of benzene rings is 7. The summed E-state index contributed by atoms with van der Waals surface area (Å²) in [5.74, 6) is 6.85. The number of rotatable bonds is 3. The van der Waals surface area contributed by atoms with Crippen LogP contribution in [0.2, 0.25) is 0 Å². The van der Waals surface area contributed by atoms with Crippen molar-refractivity contribution in [3.05, 3.63) is 160 Å². The van der Waals surface area contributed by atoms with Crippen molar-refractivity contribution in [3.63, 3.8) is 0 Å². The molecule has 198 valence electrons. The van der Waals surface area contributed by atoms with Gasteiger partial charge in [0.15, 0.2) is 0 Å². The summed E-state index contributed by atoms with van der Waals surface area (Å²) in [6.07, 6.45) is 2.07. The van der Waals surface area contributed by atoms with Crippen molar-refractivity contribution in [2.45, 2.75) is 0 Å². The summed E-state index contributed by atoms with van der Waals surface area (Å²) < 4.78 is 0.869. The fourth-order valence-electron chi connectivity index (χ4n) is 5.70. The van der Waals surface area contributed by atoms with Crippen LogP contribution in [0, 0.1) is 11.8 Å². The molecule has 0 unspecified atom stereocenters. The van der Waals surface area contributed by atoms with Crippen molar-refractivity contribution in [1.29, 1.82) is 0 Å². The second-order valence-electron chi connectivity index (χ2n) is 10.3. The van der Waals surface area contributed by atoms with Crippen molar-refractivity contribution in [2.75, 3.05) is 0 Å². The molecule has 0 aliphatic heterocycles. The molecule has 0 saturated carbocycles. The van der Waals surface area contributed by atoms with E-state index in [0.717, 1.165) is 25.6 Å². The predicted octanol–water partition coefficient (Wildman–Crippen LogP) is 12.0. The first kappa shape index (κ1) is 26.5. The summed E-state index contributed by atoms with van der Waals surface area (Å²) in [4.78, 5) is 0. The van der Waals surface area contributed by atoms with Gasteiger partial charge in [0.1, 0.15) is 0 Å². The number of halogens is 2. The zero-order chi connectivity index (χ0) is 28.5. The highest BCUT2D eigenvalue weighted by molar-refractivity contribution is 9.28. The number of hydrogen-bond donors (Lipinski definition) is 0. The molecule has 0 saturated heterocycles. The van der Waals surface area contributed by atoms with E-state index in [9.17, 15) is 0 Å². The highest BCUT2D eigenvalue weighted by Gasteiger charge is 2.14. The SMILES string of the molecule is BrC(Br)=Cc1cc(-c2ccccc2)c(-c2ccc3ccc4c5ccccc5ccc4c3c2)cc1C#Cc1ccccc1. The summed E-state index contributed by atoms with van der Waals surface area (Å²) in [6.45, 7) is 0. The van der Waals surface area contributed by atoms with Gasteiger partial charge in [0.2, 0.25) is 0 Å². The summed E-state index contributed by atoms with van der Waals surface area (Å²) in [6, 6.07) is 49.7. The van der Waals surface area contributed by atoms with E-state index in [1.54, 1.807) is 0 Å². The minimum atomic E-state index is 0.869. The fourth-order valence-corrected chi connectivity index (χ4v) is 6.20. The normalized spacial score (nSPS) is 10.9. The zero-order valence-electron chi connectivity index (χ0n) is 22.6. The minimum Gasteiger partial charge on any atom is -0.0622 e. The van der Waals surface area contributed by atoms with E-state index in [1.165, 1.54) is 49.0 Å². The molecule has 0 aliphatic rings. The molecule has 0 N–H and O–H groups in total. The molecule has 7 aromatic rings. The van der Waals surface area contributed by atoms with Crippen LogP contribution in [0.5, 0.6) is 0 Å². The van der Waals surface area contributed by atoms with Crippen LogP contribution >= 0.6 is 31.9 Å². The molecule has 7 rings (SSSR count). The topological polar surface area (TPSA) is 0 Å². The molecule has 0 aliphatic carbocycles. The predicted molar refractivity (Wildman–Crippen MR) is 188 cm³/mol. The Balaban J connectivity index is 1.50. The molecule has 42 heavy (non-hydrogen) atoms. The smallest absolute Gasteiger partial charge is 0.0610 e. The maximum absolute atomic E-state index is 3.58. The van der Waals surface area contributed by atoms with Gasteiger partial charge in [0, 0.05) is 11.1 Å². The third-order valence-corrected chi connectivity index (χ3v) is 8.17. The van der Waals surface area contributed by atoms with Gasteiger partial charge in [-0.3, -0.25) is 0 Å². The first-order valence-corrected chi connectivity index (χ1v) is 15.4. The van der Waals surface area contributed by atoms with Gasteiger partial charge in [-0.2, -0.15) is 0 Å². The first-order valence-electron chi connectivity index (χ1n) is 13.8. The Morgan fingerprint density at radius 2 is 1.10 bits per heavy atom. The van der Waals surface area contributed by atoms with Gasteiger partial charge >= 0.3 is 0 Å². The molecule has 0 heterocycles. The van der Waals surface area contributed by atoms with E-state index in [0.29, 0.717) is 0 Å². The monoisotopic (exact) mass is 662 g/mol. The lowest BCUT2D eigenvalue weighted by Crippen LogP contribution is -1.92. The largest absolute Gasteiger partial charge is 0.0622 e. The standard InChI is InChI=1S/C40H24Br2/c41-40(42)26-33-25-38(28-11-5-2-6-12-28)39(23-31(33)16-15-27-9-3-1-4-10-27)32-18-17-30-20-21-35-34-14-8-7-13-29(34)19-22-36(35)37(30)24-32/h1-14,17-26H. The molecule has 0 atom stereocenters. The molecule has 0 radical (unpaired) electrons. The summed E-state index contributed by atoms with van der Waals surface area (Å²) in [5, 5.41) is 7.56. The molecule has 0 spiro atoms. The van der Waals surface area contributed by atoms with Crippen LogP contribution in [0.1, 0.15) is 16.7 Å². The molecule has 0 fully saturated rings. The number of fused-ring (bicyclic) bond motifs is 5. The summed E-state index contributed by atoms with van der Waals surface area (Å²) in [7, 11) is 0. The maximum atomic E-state index is 3.58. The van der Waals surface area contributed by atoms with Gasteiger partial charge < -0.3 is 0 Å². The molecular weight excluding hydrogens is 640 g/mol. The summed E-state index contributed by atoms with van der Waals surface area (Å²) >= 11 is 7.16. The van der Waals surface area contributed by atoms with E-state index in [-0.39, 0.29) is 0 Å². The van der Waals surface area contributed by atoms with E-state index < -0.39 is 0 Å². The van der Waals surface area contributed by atoms with Gasteiger partial charge in [-0.25, -0.2) is 0 Å². The molecule has 0 nitrogen and oxygen atoms in total. The van der Waals surface area contributed by atoms with Crippen LogP contribution in [-0.2, 0) is 0 Å². The van der Waals surface area contributed by atoms with E-state index in [1.807, 2.05) is 30.3 Å². The molecule has 2 heteroatoms. The van der Waals surface area contributed by atoms with Crippen LogP contribution in [0.25, 0.3) is 60.6 Å². The lowest BCUT2D eigenvalue weighted by Gasteiger charge is -2.15. The molecule has 0 amide bonds. The van der Waals surface area contributed by atoms with Gasteiger partial charge in [-0.15, -0.1) is 0 Å². The highest BCUT2D eigenvalue weighted by atomic mass is 79.9. The Morgan fingerprint density at radius 3 is 1.86 bits per heavy atom. The van der Waals surface area contributed by atoms with E-state index in [2.05, 4.69) is 159 Å². The minimum absolute atomic E-state index is 0.869. The molecule has 0 bridgehead atoms. The Kier molecular flexibility index (Phi) is 7.22. The van der Waals surface area contributed by atoms with E-state index >= 15 is 0 Å². The first-order chi connectivity index (χ1) is 20.6. The summed E-state index contributed by atoms with van der Waals surface area (Å²) in [5.41, 5.74) is 7.65. The molecule has 0 aromatic heterocycles. The van der Waals surface area contributed by atoms with Crippen LogP contribution in [0.3, 0.4) is 0 Å². The highest BCUT2D eigenvalue weighted by Crippen LogP contribution is 2.39. The Bertz CT molecular complexity index is 2190. The third-order valence-electron chi connectivity index (χ3n) is 7.71. The van der Waals surface area contributed by atoms with Crippen LogP contribution in [0.15, 0.2) is 143 Å². The third kappa shape index (κ3) is 5.19. The van der Waals surface area contributed by atoms with Crippen molar-refractivity contribution < 1.29 is 0 Å². The van der Waals surface area contributed by atoms with Crippen molar-refractivity contribution in [2.24, 2.45) is 0 Å². The average molecular weight is 664 g/mol. The second-order valence-corrected chi connectivity index (χ2v) is 13.1. The Morgan fingerprint density at radius 1 is 0.476 bits per heavy atom. The van der Waals surface area contributed by atoms with Crippen LogP contribution < -0.4 is 0 Å². The van der Waals surface area contributed by atoms with Crippen molar-refractivity contribution >= 4 is 70.3 Å². The lowest BCUT2D eigenvalue weighted by atomic mass is 9.88. The van der Waals surface area contributed by atoms with E-state index in [4.69, 9.17) is 0 Å². The molecule has 7 aromatic carbocycles. The lowest BCUT2D eigenvalue weighted by molar-refractivity contribution is 1.54. The van der Waals surface area contributed by atoms with Gasteiger partial charge in [0.05, 0.1) is 3.39 Å². The Labute approximate surface area is 262 Å². The zero-order valence-corrected chi connectivity index (χ0v) is 25.8. The van der Waals surface area contributed by atoms with Crippen molar-refractivity contribution in [3.8, 4) is 34.1 Å². The van der Waals surface area contributed by atoms with Gasteiger partial charge in [0.25, 0.3) is 0 Å². The van der Waals surface area contributed by atoms with Crippen LogP contribution in [-0.4, -0.2) is 0 Å². The van der Waals surface area contributed by atoms with Gasteiger partial charge in [-0.05, 0) is 128 Å². The van der Waals surface area contributed by atoms with Crippen LogP contribution in [0.4, 0.5) is 0 Å². The fraction of sp³-hybridized carbons (Fsp3) is 0. The number of hydrogen-bond acceptors (Lipinski definition) is 0. The Hall–Kier alpha value is -4.42. The second kappa shape index (κ2) is 11.5. The van der Waals surface area contributed by atoms with Gasteiger partial charge in [-0.1, -0.05) is 121 Å². The molecular formula is C40H24Br2. The van der Waals surface area contributed by atoms with Crippen molar-refractivity contribution in [1.82, 2.24) is 0 Å². The maximum Gasteiger partial charge on any atom is 0.0610 e.